The summed E-state index contributed by atoms with van der Waals surface area (Å²) in [5.74, 6) is -0.962. The molecule has 0 aromatic heterocycles. The van der Waals surface area contributed by atoms with Crippen LogP contribution in [0.1, 0.15) is 32.3 Å². The highest BCUT2D eigenvalue weighted by molar-refractivity contribution is 9.10. The summed E-state index contributed by atoms with van der Waals surface area (Å²) in [6.07, 6.45) is 0. The maximum Gasteiger partial charge on any atom is 0.395 e. The Labute approximate surface area is 172 Å². The van der Waals surface area contributed by atoms with Crippen LogP contribution in [-0.2, 0) is 0 Å². The summed E-state index contributed by atoms with van der Waals surface area (Å²) >= 11 is 15.3. The molecule has 1 unspecified atom stereocenters. The fraction of sp³-hybridized carbons (Fsp3) is 0.176. The number of ether oxygens (including phenoxy) is 1. The van der Waals surface area contributed by atoms with Gasteiger partial charge in [-0.2, -0.15) is 0 Å². The van der Waals surface area contributed by atoms with Crippen LogP contribution in [0.2, 0.25) is 0 Å². The molecule has 1 aliphatic heterocycles. The lowest BCUT2D eigenvalue weighted by atomic mass is 10.0. The zero-order valence-electron chi connectivity index (χ0n) is 13.7. The molecule has 7 nitrogen and oxygen atoms in total. The van der Waals surface area contributed by atoms with Gasteiger partial charge in [0.25, 0.3) is 11.8 Å². The minimum absolute atomic E-state index is 0.132. The van der Waals surface area contributed by atoms with Gasteiger partial charge in [-0.3, -0.25) is 24.6 Å². The number of hydrogen-bond acceptors (Lipinski definition) is 5. The van der Waals surface area contributed by atoms with E-state index >= 15 is 0 Å². The van der Waals surface area contributed by atoms with Crippen LogP contribution in [0.3, 0.4) is 0 Å². The summed E-state index contributed by atoms with van der Waals surface area (Å²) < 4.78 is 2.93. The molecule has 0 radical (unpaired) electrons. The number of amides is 2. The number of carbonyl (C=O) groups is 2. The van der Waals surface area contributed by atoms with Crippen molar-refractivity contribution >= 4 is 50.9 Å². The van der Waals surface area contributed by atoms with Crippen molar-refractivity contribution in [3.63, 3.8) is 0 Å². The summed E-state index contributed by atoms with van der Waals surface area (Å²) in [5.41, 5.74) is 0.457. The molecule has 3 rings (SSSR count). The first kappa shape index (κ1) is 19.6. The van der Waals surface area contributed by atoms with Crippen molar-refractivity contribution in [2.45, 2.75) is 10.5 Å². The molecule has 10 heteroatoms. The van der Waals surface area contributed by atoms with Crippen LogP contribution in [0.5, 0.6) is 5.75 Å². The van der Waals surface area contributed by atoms with E-state index in [-0.39, 0.29) is 16.7 Å². The van der Waals surface area contributed by atoms with Gasteiger partial charge in [-0.1, -0.05) is 18.2 Å². The highest BCUT2D eigenvalue weighted by Crippen LogP contribution is 2.45. The van der Waals surface area contributed by atoms with Crippen molar-refractivity contribution in [2.24, 2.45) is 0 Å². The predicted molar refractivity (Wildman–Crippen MR) is 102 cm³/mol. The Kier molecular flexibility index (Phi) is 5.16. The quantitative estimate of drug-likeness (QED) is 0.213. The van der Waals surface area contributed by atoms with Crippen LogP contribution in [-0.4, -0.2) is 33.2 Å². The smallest absolute Gasteiger partial charge is 0.395 e. The summed E-state index contributed by atoms with van der Waals surface area (Å²) in [4.78, 5) is 37.0. The molecule has 1 atom stereocenters. The Balaban J connectivity index is 2.18. The largest absolute Gasteiger partial charge is 0.496 e. The predicted octanol–water partition coefficient (Wildman–Crippen LogP) is 4.20. The van der Waals surface area contributed by atoms with Gasteiger partial charge in [0, 0.05) is 0 Å². The third kappa shape index (κ3) is 3.18. The summed E-state index contributed by atoms with van der Waals surface area (Å²) in [6.45, 7) is 0. The van der Waals surface area contributed by atoms with Crippen molar-refractivity contribution in [2.75, 3.05) is 7.11 Å². The van der Waals surface area contributed by atoms with Crippen LogP contribution in [0, 0.1) is 10.1 Å². The summed E-state index contributed by atoms with van der Waals surface area (Å²) in [7, 11) is 1.45. The standard InChI is InChI=1S/C17H11BrCl2N2O5/c1-27-13-7-6-9(8-12(13)18)14(17(19,20)22(25)26)21-15(23)10-4-2-3-5-11(10)16(21)24/h2-8,14H,1H3. The van der Waals surface area contributed by atoms with Crippen LogP contribution < -0.4 is 4.74 Å². The van der Waals surface area contributed by atoms with Crippen LogP contribution in [0.15, 0.2) is 46.9 Å². The second-order valence-electron chi connectivity index (χ2n) is 5.67. The van der Waals surface area contributed by atoms with Gasteiger partial charge < -0.3 is 4.74 Å². The first-order chi connectivity index (χ1) is 12.7. The van der Waals surface area contributed by atoms with E-state index in [9.17, 15) is 19.7 Å². The van der Waals surface area contributed by atoms with Crippen molar-refractivity contribution in [3.8, 4) is 5.75 Å². The number of nitro groups is 1. The maximum atomic E-state index is 12.8. The van der Waals surface area contributed by atoms with Crippen molar-refractivity contribution in [3.05, 3.63) is 73.7 Å². The molecule has 0 spiro atoms. The van der Waals surface area contributed by atoms with Gasteiger partial charge in [0.15, 0.2) is 6.04 Å². The summed E-state index contributed by atoms with van der Waals surface area (Å²) in [6, 6.07) is 9.00. The van der Waals surface area contributed by atoms with E-state index in [1.807, 2.05) is 0 Å². The lowest BCUT2D eigenvalue weighted by Gasteiger charge is -2.30. The molecular formula is C17H11BrCl2N2O5. The van der Waals surface area contributed by atoms with Gasteiger partial charge in [0.1, 0.15) is 5.75 Å². The second kappa shape index (κ2) is 7.10. The second-order valence-corrected chi connectivity index (χ2v) is 7.87. The highest BCUT2D eigenvalue weighted by Gasteiger charge is 2.56. The van der Waals surface area contributed by atoms with Gasteiger partial charge in [-0.15, -0.1) is 0 Å². The molecule has 27 heavy (non-hydrogen) atoms. The topological polar surface area (TPSA) is 89.8 Å². The zero-order chi connectivity index (χ0) is 19.9. The molecule has 0 saturated carbocycles. The number of fused-ring (bicyclic) bond motifs is 1. The number of rotatable bonds is 5. The number of methoxy groups -OCH3 is 1. The van der Waals surface area contributed by atoms with Gasteiger partial charge >= 0.3 is 4.46 Å². The molecule has 1 heterocycles. The number of carbonyl (C=O) groups excluding carboxylic acids is 2. The normalized spacial score (nSPS) is 14.9. The van der Waals surface area contributed by atoms with Crippen LogP contribution >= 0.6 is 39.1 Å². The van der Waals surface area contributed by atoms with Gasteiger partial charge in [0.2, 0.25) is 0 Å². The minimum Gasteiger partial charge on any atom is -0.496 e. The molecule has 140 valence electrons. The van der Waals surface area contributed by atoms with E-state index in [1.54, 1.807) is 12.1 Å². The van der Waals surface area contributed by atoms with Crippen molar-refractivity contribution in [1.82, 2.24) is 4.90 Å². The molecule has 1 aliphatic rings. The van der Waals surface area contributed by atoms with E-state index in [4.69, 9.17) is 27.9 Å². The number of benzene rings is 2. The molecule has 2 aromatic rings. The van der Waals surface area contributed by atoms with E-state index in [0.29, 0.717) is 10.2 Å². The summed E-state index contributed by atoms with van der Waals surface area (Å²) in [5, 5.41) is 11.5. The Morgan fingerprint density at radius 3 is 2.15 bits per heavy atom. The number of hydrogen-bond donors (Lipinski definition) is 0. The molecule has 0 aliphatic carbocycles. The fourth-order valence-corrected chi connectivity index (χ4v) is 3.91. The number of alkyl halides is 2. The zero-order valence-corrected chi connectivity index (χ0v) is 16.8. The van der Waals surface area contributed by atoms with Crippen LogP contribution in [0.25, 0.3) is 0 Å². The van der Waals surface area contributed by atoms with E-state index in [0.717, 1.165) is 4.90 Å². The minimum atomic E-state index is -2.67. The molecule has 0 fully saturated rings. The molecule has 0 bridgehead atoms. The number of halogens is 3. The molecule has 0 saturated heterocycles. The molecular weight excluding hydrogens is 463 g/mol. The Bertz CT molecular complexity index is 931. The van der Waals surface area contributed by atoms with Crippen molar-refractivity contribution in [1.29, 1.82) is 0 Å². The lowest BCUT2D eigenvalue weighted by molar-refractivity contribution is -0.523. The molecule has 0 N–H and O–H groups in total. The van der Waals surface area contributed by atoms with E-state index < -0.39 is 27.2 Å². The third-order valence-electron chi connectivity index (χ3n) is 4.15. The third-order valence-corrected chi connectivity index (χ3v) is 5.46. The van der Waals surface area contributed by atoms with E-state index in [1.165, 1.54) is 37.4 Å². The van der Waals surface area contributed by atoms with Gasteiger partial charge in [0.05, 0.1) is 27.6 Å². The number of imide groups is 1. The monoisotopic (exact) mass is 472 g/mol. The highest BCUT2D eigenvalue weighted by atomic mass is 79.9. The molecule has 2 aromatic carbocycles. The lowest BCUT2D eigenvalue weighted by Crippen LogP contribution is -2.46. The maximum absolute atomic E-state index is 12.8. The Morgan fingerprint density at radius 2 is 1.70 bits per heavy atom. The average molecular weight is 474 g/mol. The average Bonchev–Trinajstić information content (AvgIpc) is 2.87. The van der Waals surface area contributed by atoms with Crippen LogP contribution in [0.4, 0.5) is 0 Å². The first-order valence-corrected chi connectivity index (χ1v) is 9.07. The SMILES string of the molecule is COc1ccc(C(N2C(=O)c3ccccc3C2=O)C(Cl)(Cl)[N+](=O)[O-])cc1Br. The number of nitrogens with zero attached hydrogens (tertiary/aromatic N) is 2. The van der Waals surface area contributed by atoms with Gasteiger partial charge in [-0.05, 0) is 69.0 Å². The Morgan fingerprint density at radius 1 is 1.15 bits per heavy atom. The van der Waals surface area contributed by atoms with E-state index in [2.05, 4.69) is 15.9 Å². The fourth-order valence-electron chi connectivity index (χ4n) is 2.90. The van der Waals surface area contributed by atoms with Crippen molar-refractivity contribution < 1.29 is 19.2 Å². The Hall–Kier alpha value is -2.16. The first-order valence-electron chi connectivity index (χ1n) is 7.52. The molecule has 2 amide bonds. The van der Waals surface area contributed by atoms with Gasteiger partial charge in [-0.25, -0.2) is 0 Å².